The average Bonchev–Trinajstić information content (AvgIpc) is 2.39. The van der Waals surface area contributed by atoms with Gasteiger partial charge in [-0.2, -0.15) is 0 Å². The molecule has 104 valence electrons. The van der Waals surface area contributed by atoms with Crippen molar-refractivity contribution in [1.29, 1.82) is 0 Å². The third-order valence-electron chi connectivity index (χ3n) is 3.91. The number of halogens is 1. The molecule has 0 aromatic heterocycles. The molecule has 1 N–H and O–H groups in total. The van der Waals surface area contributed by atoms with E-state index < -0.39 is 0 Å². The molecule has 1 saturated carbocycles. The van der Waals surface area contributed by atoms with Crippen LogP contribution in [0.3, 0.4) is 0 Å². The molecule has 2 nitrogen and oxygen atoms in total. The highest BCUT2D eigenvalue weighted by Crippen LogP contribution is 2.23. The van der Waals surface area contributed by atoms with E-state index in [2.05, 4.69) is 40.3 Å². The van der Waals surface area contributed by atoms with Crippen molar-refractivity contribution in [1.82, 2.24) is 5.32 Å². The van der Waals surface area contributed by atoms with Gasteiger partial charge in [0.2, 0.25) is 5.91 Å². The Bertz CT molecular complexity index is 425. The second-order valence-corrected chi connectivity index (χ2v) is 6.57. The average molecular weight is 324 g/mol. The summed E-state index contributed by atoms with van der Waals surface area (Å²) in [7, 11) is 0. The lowest BCUT2D eigenvalue weighted by molar-refractivity contribution is -0.122. The summed E-state index contributed by atoms with van der Waals surface area (Å²) in [6.07, 6.45) is 6.18. The molecule has 2 rings (SSSR count). The van der Waals surface area contributed by atoms with Crippen LogP contribution in [0.25, 0.3) is 0 Å². The summed E-state index contributed by atoms with van der Waals surface area (Å²) < 4.78 is 1.08. The SMILES string of the molecule is CC1CCC(NC(=O)CCc2cccc(Br)c2)CC1. The Morgan fingerprint density at radius 2 is 2.05 bits per heavy atom. The van der Waals surface area contributed by atoms with E-state index in [-0.39, 0.29) is 5.91 Å². The minimum atomic E-state index is 0.194. The number of hydrogen-bond acceptors (Lipinski definition) is 1. The Hall–Kier alpha value is -0.830. The first-order valence-corrected chi connectivity index (χ1v) is 7.96. The second-order valence-electron chi connectivity index (χ2n) is 5.65. The molecule has 0 unspecified atom stereocenters. The van der Waals surface area contributed by atoms with Crippen molar-refractivity contribution in [3.05, 3.63) is 34.3 Å². The molecule has 19 heavy (non-hydrogen) atoms. The van der Waals surface area contributed by atoms with Crippen LogP contribution in [0.2, 0.25) is 0 Å². The third-order valence-corrected chi connectivity index (χ3v) is 4.40. The van der Waals surface area contributed by atoms with Crippen LogP contribution in [0.4, 0.5) is 0 Å². The van der Waals surface area contributed by atoms with Gasteiger partial charge in [0.05, 0.1) is 0 Å². The first-order chi connectivity index (χ1) is 9.13. The first kappa shape index (κ1) is 14.6. The Morgan fingerprint density at radius 1 is 1.32 bits per heavy atom. The van der Waals surface area contributed by atoms with E-state index in [0.717, 1.165) is 29.7 Å². The maximum atomic E-state index is 11.9. The number of aryl methyl sites for hydroxylation is 1. The lowest BCUT2D eigenvalue weighted by atomic mass is 9.87. The van der Waals surface area contributed by atoms with E-state index in [9.17, 15) is 4.79 Å². The van der Waals surface area contributed by atoms with Gasteiger partial charge in [0.25, 0.3) is 0 Å². The molecule has 1 fully saturated rings. The van der Waals surface area contributed by atoms with Crippen LogP contribution in [-0.4, -0.2) is 11.9 Å². The highest BCUT2D eigenvalue weighted by Gasteiger charge is 2.19. The quantitative estimate of drug-likeness (QED) is 0.888. The van der Waals surface area contributed by atoms with Gasteiger partial charge in [-0.25, -0.2) is 0 Å². The molecule has 0 spiro atoms. The summed E-state index contributed by atoms with van der Waals surface area (Å²) in [5.74, 6) is 1.02. The zero-order valence-electron chi connectivity index (χ0n) is 11.5. The van der Waals surface area contributed by atoms with Gasteiger partial charge in [0.15, 0.2) is 0 Å². The van der Waals surface area contributed by atoms with Crippen molar-refractivity contribution in [2.45, 2.75) is 51.5 Å². The topological polar surface area (TPSA) is 29.1 Å². The van der Waals surface area contributed by atoms with Gasteiger partial charge in [-0.3, -0.25) is 4.79 Å². The lowest BCUT2D eigenvalue weighted by Crippen LogP contribution is -2.37. The van der Waals surface area contributed by atoms with Crippen molar-refractivity contribution >= 4 is 21.8 Å². The largest absolute Gasteiger partial charge is 0.353 e. The third kappa shape index (κ3) is 4.98. The van der Waals surface area contributed by atoms with E-state index in [1.165, 1.54) is 18.4 Å². The van der Waals surface area contributed by atoms with Gasteiger partial charge in [0.1, 0.15) is 0 Å². The van der Waals surface area contributed by atoms with Gasteiger partial charge in [0, 0.05) is 16.9 Å². The fourth-order valence-corrected chi connectivity index (χ4v) is 3.10. The summed E-state index contributed by atoms with van der Waals surface area (Å²) in [5, 5.41) is 3.17. The van der Waals surface area contributed by atoms with Gasteiger partial charge in [-0.05, 0) is 55.7 Å². The molecule has 0 radical (unpaired) electrons. The normalized spacial score (nSPS) is 23.1. The van der Waals surface area contributed by atoms with E-state index in [1.807, 2.05) is 12.1 Å². The van der Waals surface area contributed by atoms with Gasteiger partial charge in [-0.15, -0.1) is 0 Å². The van der Waals surface area contributed by atoms with E-state index in [1.54, 1.807) is 0 Å². The van der Waals surface area contributed by atoms with Gasteiger partial charge < -0.3 is 5.32 Å². The zero-order valence-corrected chi connectivity index (χ0v) is 13.1. The Kier molecular flexibility index (Phi) is 5.44. The molecule has 3 heteroatoms. The fraction of sp³-hybridized carbons (Fsp3) is 0.562. The molecular formula is C16H22BrNO. The highest BCUT2D eigenvalue weighted by molar-refractivity contribution is 9.10. The van der Waals surface area contributed by atoms with Crippen LogP contribution in [0.5, 0.6) is 0 Å². The Morgan fingerprint density at radius 3 is 2.74 bits per heavy atom. The van der Waals surface area contributed by atoms with Crippen molar-refractivity contribution in [3.8, 4) is 0 Å². The summed E-state index contributed by atoms with van der Waals surface area (Å²) in [5.41, 5.74) is 1.21. The van der Waals surface area contributed by atoms with Crippen molar-refractivity contribution < 1.29 is 4.79 Å². The number of carbonyl (C=O) groups excluding carboxylic acids is 1. The molecular weight excluding hydrogens is 302 g/mol. The lowest BCUT2D eigenvalue weighted by Gasteiger charge is -2.26. The number of hydrogen-bond donors (Lipinski definition) is 1. The molecule has 0 bridgehead atoms. The maximum absolute atomic E-state index is 11.9. The molecule has 1 aromatic carbocycles. The predicted octanol–water partition coefficient (Wildman–Crippen LogP) is 4.08. The molecule has 1 amide bonds. The second kappa shape index (κ2) is 7.09. The predicted molar refractivity (Wildman–Crippen MR) is 82.0 cm³/mol. The summed E-state index contributed by atoms with van der Waals surface area (Å²) in [6.45, 7) is 2.30. The molecule has 0 heterocycles. The number of amides is 1. The van der Waals surface area contributed by atoms with E-state index >= 15 is 0 Å². The van der Waals surface area contributed by atoms with Crippen LogP contribution in [0.15, 0.2) is 28.7 Å². The molecule has 1 aromatic rings. The number of benzene rings is 1. The standard InChI is InChI=1S/C16H22BrNO/c1-12-5-8-15(9-6-12)18-16(19)10-7-13-3-2-4-14(17)11-13/h2-4,11-12,15H,5-10H2,1H3,(H,18,19). The number of rotatable bonds is 4. The van der Waals surface area contributed by atoms with Crippen LogP contribution in [0, 0.1) is 5.92 Å². The van der Waals surface area contributed by atoms with Crippen LogP contribution in [0.1, 0.15) is 44.6 Å². The smallest absolute Gasteiger partial charge is 0.220 e. The van der Waals surface area contributed by atoms with Crippen LogP contribution in [-0.2, 0) is 11.2 Å². The maximum Gasteiger partial charge on any atom is 0.220 e. The molecule has 0 atom stereocenters. The highest BCUT2D eigenvalue weighted by atomic mass is 79.9. The fourth-order valence-electron chi connectivity index (χ4n) is 2.65. The van der Waals surface area contributed by atoms with Gasteiger partial charge in [-0.1, -0.05) is 35.0 Å². The Balaban J connectivity index is 1.73. The van der Waals surface area contributed by atoms with Crippen molar-refractivity contribution in [2.24, 2.45) is 5.92 Å². The monoisotopic (exact) mass is 323 g/mol. The van der Waals surface area contributed by atoms with Crippen molar-refractivity contribution in [2.75, 3.05) is 0 Å². The van der Waals surface area contributed by atoms with Gasteiger partial charge >= 0.3 is 0 Å². The zero-order chi connectivity index (χ0) is 13.7. The molecule has 0 aliphatic heterocycles. The Labute approximate surface area is 124 Å². The summed E-state index contributed by atoms with van der Waals surface area (Å²) >= 11 is 3.45. The summed E-state index contributed by atoms with van der Waals surface area (Å²) in [6, 6.07) is 8.58. The van der Waals surface area contributed by atoms with Crippen molar-refractivity contribution in [3.63, 3.8) is 0 Å². The van der Waals surface area contributed by atoms with Crippen LogP contribution < -0.4 is 5.32 Å². The molecule has 0 saturated heterocycles. The molecule has 1 aliphatic rings. The van der Waals surface area contributed by atoms with E-state index in [4.69, 9.17) is 0 Å². The summed E-state index contributed by atoms with van der Waals surface area (Å²) in [4.78, 5) is 11.9. The van der Waals surface area contributed by atoms with E-state index in [0.29, 0.717) is 12.5 Å². The van der Waals surface area contributed by atoms with Crippen LogP contribution >= 0.6 is 15.9 Å². The number of nitrogens with one attached hydrogen (secondary N) is 1. The first-order valence-electron chi connectivity index (χ1n) is 7.17. The minimum absolute atomic E-state index is 0.194. The number of carbonyl (C=O) groups is 1. The minimum Gasteiger partial charge on any atom is -0.353 e. The molecule has 1 aliphatic carbocycles.